The average Bonchev–Trinajstić information content (AvgIpc) is 2.42. The predicted octanol–water partition coefficient (Wildman–Crippen LogP) is -0.646. The highest BCUT2D eigenvalue weighted by atomic mass is 16.2. The van der Waals surface area contributed by atoms with Crippen LogP contribution in [-0.2, 0) is 4.79 Å². The Bertz CT molecular complexity index is 195. The van der Waals surface area contributed by atoms with E-state index < -0.39 is 0 Å². The van der Waals surface area contributed by atoms with Crippen molar-refractivity contribution >= 4 is 5.91 Å². The molecule has 1 heterocycles. The standard InChI is InChI=1S/C9H19N3O/c1-4-12(3)9(13)7-5-11(2)6-8(7)10/h7-8H,4-6,10H2,1-3H3. The molecule has 2 unspecified atom stereocenters. The molecule has 1 fully saturated rings. The highest BCUT2D eigenvalue weighted by Gasteiger charge is 2.34. The molecule has 0 aliphatic carbocycles. The maximum absolute atomic E-state index is 11.8. The van der Waals surface area contributed by atoms with Gasteiger partial charge < -0.3 is 15.5 Å². The second-order valence-electron chi connectivity index (χ2n) is 3.84. The maximum atomic E-state index is 11.8. The summed E-state index contributed by atoms with van der Waals surface area (Å²) in [5.74, 6) is 0.175. The van der Waals surface area contributed by atoms with Crippen LogP contribution < -0.4 is 5.73 Å². The lowest BCUT2D eigenvalue weighted by Crippen LogP contribution is -2.41. The first kappa shape index (κ1) is 10.5. The molecule has 1 saturated heterocycles. The van der Waals surface area contributed by atoms with Gasteiger partial charge in [-0.05, 0) is 14.0 Å². The van der Waals surface area contributed by atoms with Crippen molar-refractivity contribution in [2.45, 2.75) is 13.0 Å². The van der Waals surface area contributed by atoms with E-state index in [1.807, 2.05) is 21.0 Å². The van der Waals surface area contributed by atoms with Gasteiger partial charge in [0.15, 0.2) is 0 Å². The minimum absolute atomic E-state index is 0.00468. The van der Waals surface area contributed by atoms with Crippen molar-refractivity contribution in [2.75, 3.05) is 33.7 Å². The molecule has 1 aliphatic rings. The van der Waals surface area contributed by atoms with Gasteiger partial charge >= 0.3 is 0 Å². The minimum Gasteiger partial charge on any atom is -0.346 e. The Balaban J connectivity index is 2.57. The van der Waals surface area contributed by atoms with Crippen LogP contribution in [0.4, 0.5) is 0 Å². The van der Waals surface area contributed by atoms with E-state index in [1.54, 1.807) is 4.90 Å². The first-order valence-electron chi connectivity index (χ1n) is 4.75. The van der Waals surface area contributed by atoms with Gasteiger partial charge in [0.25, 0.3) is 0 Å². The van der Waals surface area contributed by atoms with Crippen molar-refractivity contribution in [1.82, 2.24) is 9.80 Å². The van der Waals surface area contributed by atoms with E-state index in [2.05, 4.69) is 4.90 Å². The molecule has 0 aromatic rings. The van der Waals surface area contributed by atoms with Crippen molar-refractivity contribution in [3.8, 4) is 0 Å². The highest BCUT2D eigenvalue weighted by Crippen LogP contribution is 2.15. The maximum Gasteiger partial charge on any atom is 0.228 e. The summed E-state index contributed by atoms with van der Waals surface area (Å²) in [5, 5.41) is 0. The Morgan fingerprint density at radius 3 is 2.62 bits per heavy atom. The third-order valence-corrected chi connectivity index (χ3v) is 2.72. The summed E-state index contributed by atoms with van der Waals surface area (Å²) in [6.07, 6.45) is 0. The first-order valence-corrected chi connectivity index (χ1v) is 4.75. The van der Waals surface area contributed by atoms with Gasteiger partial charge in [-0.15, -0.1) is 0 Å². The fourth-order valence-electron chi connectivity index (χ4n) is 1.73. The molecule has 4 nitrogen and oxygen atoms in total. The van der Waals surface area contributed by atoms with Crippen LogP contribution >= 0.6 is 0 Å². The van der Waals surface area contributed by atoms with Crippen LogP contribution in [0.2, 0.25) is 0 Å². The molecule has 1 amide bonds. The zero-order valence-corrected chi connectivity index (χ0v) is 8.66. The predicted molar refractivity (Wildman–Crippen MR) is 52.3 cm³/mol. The molecule has 76 valence electrons. The number of rotatable bonds is 2. The van der Waals surface area contributed by atoms with Gasteiger partial charge in [0.05, 0.1) is 5.92 Å². The second kappa shape index (κ2) is 4.07. The van der Waals surface area contributed by atoms with E-state index in [9.17, 15) is 4.79 Å². The number of carbonyl (C=O) groups is 1. The summed E-state index contributed by atoms with van der Waals surface area (Å²) < 4.78 is 0. The number of nitrogens with zero attached hydrogens (tertiary/aromatic N) is 2. The van der Waals surface area contributed by atoms with Crippen LogP contribution in [0, 0.1) is 5.92 Å². The van der Waals surface area contributed by atoms with Crippen molar-refractivity contribution in [1.29, 1.82) is 0 Å². The third kappa shape index (κ3) is 2.19. The fourth-order valence-corrected chi connectivity index (χ4v) is 1.73. The van der Waals surface area contributed by atoms with Gasteiger partial charge in [0.1, 0.15) is 0 Å². The number of hydrogen-bond donors (Lipinski definition) is 1. The molecule has 4 heteroatoms. The zero-order valence-electron chi connectivity index (χ0n) is 8.66. The molecule has 0 spiro atoms. The Hall–Kier alpha value is -0.610. The van der Waals surface area contributed by atoms with Crippen LogP contribution in [-0.4, -0.2) is 55.5 Å². The summed E-state index contributed by atoms with van der Waals surface area (Å²) in [6, 6.07) is 0.00602. The molecule has 0 bridgehead atoms. The summed E-state index contributed by atoms with van der Waals surface area (Å²) in [7, 11) is 3.83. The number of carbonyl (C=O) groups excluding carboxylic acids is 1. The van der Waals surface area contributed by atoms with Gasteiger partial charge in [0.2, 0.25) is 5.91 Å². The van der Waals surface area contributed by atoms with Crippen LogP contribution in [0.3, 0.4) is 0 Å². The smallest absolute Gasteiger partial charge is 0.228 e. The van der Waals surface area contributed by atoms with Crippen LogP contribution in [0.5, 0.6) is 0 Å². The Morgan fingerprint density at radius 1 is 1.62 bits per heavy atom. The molecule has 1 aliphatic heterocycles. The molecule has 1 rings (SSSR count). The minimum atomic E-state index is -0.00468. The molecule has 13 heavy (non-hydrogen) atoms. The lowest BCUT2D eigenvalue weighted by molar-refractivity contribution is -0.133. The first-order chi connectivity index (χ1) is 6.06. The average molecular weight is 185 g/mol. The molecule has 0 saturated carbocycles. The van der Waals surface area contributed by atoms with E-state index >= 15 is 0 Å². The fraction of sp³-hybridized carbons (Fsp3) is 0.889. The topological polar surface area (TPSA) is 49.6 Å². The normalized spacial score (nSPS) is 29.2. The van der Waals surface area contributed by atoms with Gasteiger partial charge in [-0.25, -0.2) is 0 Å². The lowest BCUT2D eigenvalue weighted by Gasteiger charge is -2.21. The Kier molecular flexibility index (Phi) is 3.27. The lowest BCUT2D eigenvalue weighted by atomic mass is 10.0. The van der Waals surface area contributed by atoms with E-state index in [1.165, 1.54) is 0 Å². The van der Waals surface area contributed by atoms with Crippen LogP contribution in [0.1, 0.15) is 6.92 Å². The van der Waals surface area contributed by atoms with E-state index in [0.717, 1.165) is 19.6 Å². The van der Waals surface area contributed by atoms with Gasteiger partial charge in [-0.3, -0.25) is 4.79 Å². The molecule has 0 aromatic heterocycles. The quantitative estimate of drug-likeness (QED) is 0.622. The van der Waals surface area contributed by atoms with Crippen molar-refractivity contribution in [3.63, 3.8) is 0 Å². The van der Waals surface area contributed by atoms with Crippen LogP contribution in [0.15, 0.2) is 0 Å². The van der Waals surface area contributed by atoms with Crippen molar-refractivity contribution in [2.24, 2.45) is 11.7 Å². The van der Waals surface area contributed by atoms with E-state index in [-0.39, 0.29) is 17.9 Å². The molecule has 2 atom stereocenters. The largest absolute Gasteiger partial charge is 0.346 e. The zero-order chi connectivity index (χ0) is 10.0. The molecule has 0 aromatic carbocycles. The number of likely N-dealkylation sites (tertiary alicyclic amines) is 1. The van der Waals surface area contributed by atoms with Gasteiger partial charge in [-0.1, -0.05) is 0 Å². The SMILES string of the molecule is CCN(C)C(=O)C1CN(C)CC1N. The van der Waals surface area contributed by atoms with Gasteiger partial charge in [-0.2, -0.15) is 0 Å². The van der Waals surface area contributed by atoms with Crippen molar-refractivity contribution in [3.05, 3.63) is 0 Å². The third-order valence-electron chi connectivity index (χ3n) is 2.72. The highest BCUT2D eigenvalue weighted by molar-refractivity contribution is 5.79. The molecule has 2 N–H and O–H groups in total. The number of nitrogens with two attached hydrogens (primary N) is 1. The molecular weight excluding hydrogens is 166 g/mol. The monoisotopic (exact) mass is 185 g/mol. The van der Waals surface area contributed by atoms with Crippen LogP contribution in [0.25, 0.3) is 0 Å². The van der Waals surface area contributed by atoms with E-state index in [0.29, 0.717) is 0 Å². The summed E-state index contributed by atoms with van der Waals surface area (Å²) >= 11 is 0. The number of hydrogen-bond acceptors (Lipinski definition) is 3. The molecule has 0 radical (unpaired) electrons. The number of likely N-dealkylation sites (N-methyl/N-ethyl adjacent to an activating group) is 1. The number of amides is 1. The Morgan fingerprint density at radius 2 is 2.23 bits per heavy atom. The summed E-state index contributed by atoms with van der Waals surface area (Å²) in [5.41, 5.74) is 5.87. The molecular formula is C9H19N3O. The van der Waals surface area contributed by atoms with Crippen molar-refractivity contribution < 1.29 is 4.79 Å². The summed E-state index contributed by atoms with van der Waals surface area (Å²) in [4.78, 5) is 15.6. The Labute approximate surface area is 79.7 Å². The second-order valence-corrected chi connectivity index (χ2v) is 3.84. The summed E-state index contributed by atoms with van der Waals surface area (Å²) in [6.45, 7) is 4.35. The van der Waals surface area contributed by atoms with Gasteiger partial charge in [0, 0.05) is 32.7 Å². The van der Waals surface area contributed by atoms with E-state index in [4.69, 9.17) is 5.73 Å².